The highest BCUT2D eigenvalue weighted by Crippen LogP contribution is 2.24. The van der Waals surface area contributed by atoms with Crippen LogP contribution in [0.5, 0.6) is 0 Å². The lowest BCUT2D eigenvalue weighted by Crippen LogP contribution is -2.49. The molecule has 1 aromatic heterocycles. The highest BCUT2D eigenvalue weighted by atomic mass is 35.5. The largest absolute Gasteiger partial charge is 0.351 e. The Kier molecular flexibility index (Phi) is 4.68. The molecule has 1 saturated heterocycles. The molecule has 23 heavy (non-hydrogen) atoms. The highest BCUT2D eigenvalue weighted by molar-refractivity contribution is 6.30. The minimum atomic E-state index is -0.0827. The van der Waals surface area contributed by atoms with Gasteiger partial charge in [0.1, 0.15) is 0 Å². The van der Waals surface area contributed by atoms with Gasteiger partial charge in [-0.2, -0.15) is 0 Å². The predicted octanol–water partition coefficient (Wildman–Crippen LogP) is 3.16. The lowest BCUT2D eigenvalue weighted by molar-refractivity contribution is 0.0544. The first-order chi connectivity index (χ1) is 11.0. The van der Waals surface area contributed by atoms with Gasteiger partial charge in [0.25, 0.3) is 5.91 Å². The average Bonchev–Trinajstić information content (AvgIpc) is 3.00. The third-order valence-corrected chi connectivity index (χ3v) is 4.55. The van der Waals surface area contributed by atoms with Crippen molar-refractivity contribution in [1.29, 1.82) is 0 Å². The monoisotopic (exact) mass is 333 g/mol. The molecule has 0 aliphatic carbocycles. The quantitative estimate of drug-likeness (QED) is 0.865. The van der Waals surface area contributed by atoms with E-state index in [1.54, 1.807) is 6.07 Å². The summed E-state index contributed by atoms with van der Waals surface area (Å²) in [5.41, 5.74) is 1.92. The van der Waals surface area contributed by atoms with Gasteiger partial charge in [-0.25, -0.2) is 0 Å². The fraction of sp³-hybridized carbons (Fsp3) is 0.412. The van der Waals surface area contributed by atoms with E-state index in [0.717, 1.165) is 23.8 Å². The molecule has 0 bridgehead atoms. The number of nitrogens with zero attached hydrogens (tertiary/aromatic N) is 3. The normalized spacial score (nSPS) is 17.3. The SMILES string of the molecule is Cc1cc(C(=O)N2CCN([C@@H](C)c3cccc(Cl)c3)CC2)on1. The van der Waals surface area contributed by atoms with Gasteiger partial charge in [0, 0.05) is 43.3 Å². The summed E-state index contributed by atoms with van der Waals surface area (Å²) in [6.07, 6.45) is 0. The molecular weight excluding hydrogens is 314 g/mol. The van der Waals surface area contributed by atoms with Gasteiger partial charge in [-0.3, -0.25) is 9.69 Å². The van der Waals surface area contributed by atoms with E-state index in [1.165, 1.54) is 5.56 Å². The highest BCUT2D eigenvalue weighted by Gasteiger charge is 2.27. The van der Waals surface area contributed by atoms with E-state index in [2.05, 4.69) is 23.0 Å². The maximum Gasteiger partial charge on any atom is 0.292 e. The maximum absolute atomic E-state index is 12.4. The molecule has 1 aromatic carbocycles. The third kappa shape index (κ3) is 3.57. The number of piperazine rings is 1. The molecule has 0 saturated carbocycles. The van der Waals surface area contributed by atoms with E-state index < -0.39 is 0 Å². The Balaban J connectivity index is 1.61. The third-order valence-electron chi connectivity index (χ3n) is 4.32. The molecule has 1 amide bonds. The van der Waals surface area contributed by atoms with Crippen molar-refractivity contribution in [2.24, 2.45) is 0 Å². The van der Waals surface area contributed by atoms with Gasteiger partial charge in [0.2, 0.25) is 5.76 Å². The Morgan fingerprint density at radius 2 is 2.00 bits per heavy atom. The smallest absolute Gasteiger partial charge is 0.292 e. The van der Waals surface area contributed by atoms with E-state index in [9.17, 15) is 4.79 Å². The minimum absolute atomic E-state index is 0.0827. The number of halogens is 1. The van der Waals surface area contributed by atoms with Crippen LogP contribution in [0.3, 0.4) is 0 Å². The molecule has 0 N–H and O–H groups in total. The van der Waals surface area contributed by atoms with Crippen LogP contribution < -0.4 is 0 Å². The van der Waals surface area contributed by atoms with E-state index in [0.29, 0.717) is 18.8 Å². The first-order valence-corrected chi connectivity index (χ1v) is 8.14. The van der Waals surface area contributed by atoms with Crippen LogP contribution in [-0.2, 0) is 0 Å². The molecule has 6 heteroatoms. The van der Waals surface area contributed by atoms with Crippen LogP contribution in [0, 0.1) is 6.92 Å². The summed E-state index contributed by atoms with van der Waals surface area (Å²) >= 11 is 6.07. The van der Waals surface area contributed by atoms with E-state index >= 15 is 0 Å². The topological polar surface area (TPSA) is 49.6 Å². The first kappa shape index (κ1) is 16.0. The predicted molar refractivity (Wildman–Crippen MR) is 88.6 cm³/mol. The molecule has 3 rings (SSSR count). The van der Waals surface area contributed by atoms with E-state index in [4.69, 9.17) is 16.1 Å². The Morgan fingerprint density at radius 1 is 1.26 bits per heavy atom. The molecule has 2 aromatic rings. The molecule has 5 nitrogen and oxygen atoms in total. The molecule has 1 fully saturated rings. The molecular formula is C17H20ClN3O2. The van der Waals surface area contributed by atoms with Crippen LogP contribution in [0.1, 0.15) is 34.8 Å². The summed E-state index contributed by atoms with van der Waals surface area (Å²) in [4.78, 5) is 16.5. The van der Waals surface area contributed by atoms with Crippen molar-refractivity contribution in [1.82, 2.24) is 15.0 Å². The van der Waals surface area contributed by atoms with Crippen molar-refractivity contribution >= 4 is 17.5 Å². The van der Waals surface area contributed by atoms with Gasteiger partial charge in [-0.15, -0.1) is 0 Å². The van der Waals surface area contributed by atoms with Gasteiger partial charge in [0.05, 0.1) is 5.69 Å². The number of amides is 1. The molecule has 0 unspecified atom stereocenters. The fourth-order valence-electron chi connectivity index (χ4n) is 2.91. The van der Waals surface area contributed by atoms with Crippen LogP contribution in [0.25, 0.3) is 0 Å². The van der Waals surface area contributed by atoms with Gasteiger partial charge >= 0.3 is 0 Å². The second kappa shape index (κ2) is 6.72. The standard InChI is InChI=1S/C17H20ClN3O2/c1-12-10-16(23-19-12)17(22)21-8-6-20(7-9-21)13(2)14-4-3-5-15(18)11-14/h3-5,10-11,13H,6-9H2,1-2H3/t13-/m0/s1. The lowest BCUT2D eigenvalue weighted by atomic mass is 10.1. The maximum atomic E-state index is 12.4. The summed E-state index contributed by atoms with van der Waals surface area (Å²) in [5.74, 6) is 0.236. The van der Waals surface area contributed by atoms with Crippen LogP contribution in [0.15, 0.2) is 34.9 Å². The minimum Gasteiger partial charge on any atom is -0.351 e. The fourth-order valence-corrected chi connectivity index (χ4v) is 3.11. The van der Waals surface area contributed by atoms with E-state index in [-0.39, 0.29) is 11.9 Å². The first-order valence-electron chi connectivity index (χ1n) is 7.76. The number of aryl methyl sites for hydroxylation is 1. The van der Waals surface area contributed by atoms with Crippen molar-refractivity contribution in [3.63, 3.8) is 0 Å². The molecule has 0 radical (unpaired) electrons. The van der Waals surface area contributed by atoms with Crippen molar-refractivity contribution in [2.75, 3.05) is 26.2 Å². The number of aromatic nitrogens is 1. The van der Waals surface area contributed by atoms with Crippen molar-refractivity contribution in [3.05, 3.63) is 52.4 Å². The van der Waals surface area contributed by atoms with Gasteiger partial charge in [-0.05, 0) is 31.5 Å². The van der Waals surface area contributed by atoms with Gasteiger partial charge < -0.3 is 9.42 Å². The number of benzene rings is 1. The summed E-state index contributed by atoms with van der Waals surface area (Å²) in [7, 11) is 0. The van der Waals surface area contributed by atoms with Gasteiger partial charge in [0.15, 0.2) is 0 Å². The van der Waals surface area contributed by atoms with Crippen molar-refractivity contribution in [2.45, 2.75) is 19.9 Å². The zero-order valence-electron chi connectivity index (χ0n) is 13.3. The molecule has 1 aliphatic heterocycles. The number of hydrogen-bond donors (Lipinski definition) is 0. The Hall–Kier alpha value is -1.85. The molecule has 2 heterocycles. The second-order valence-corrected chi connectivity index (χ2v) is 6.33. The number of rotatable bonds is 3. The summed E-state index contributed by atoms with van der Waals surface area (Å²) < 4.78 is 5.07. The average molecular weight is 334 g/mol. The molecule has 122 valence electrons. The number of carbonyl (C=O) groups excluding carboxylic acids is 1. The van der Waals surface area contributed by atoms with Gasteiger partial charge in [-0.1, -0.05) is 28.9 Å². The Labute approximate surface area is 140 Å². The van der Waals surface area contributed by atoms with Crippen LogP contribution in [-0.4, -0.2) is 47.0 Å². The summed E-state index contributed by atoms with van der Waals surface area (Å²) in [6.45, 7) is 7.00. The Bertz CT molecular complexity index is 693. The van der Waals surface area contributed by atoms with Crippen LogP contribution in [0.4, 0.5) is 0 Å². The second-order valence-electron chi connectivity index (χ2n) is 5.89. The lowest BCUT2D eigenvalue weighted by Gasteiger charge is -2.37. The summed E-state index contributed by atoms with van der Waals surface area (Å²) in [6, 6.07) is 9.90. The zero-order chi connectivity index (χ0) is 16.4. The molecule has 1 aliphatic rings. The summed E-state index contributed by atoms with van der Waals surface area (Å²) in [5, 5.41) is 4.53. The zero-order valence-corrected chi connectivity index (χ0v) is 14.1. The molecule has 0 spiro atoms. The van der Waals surface area contributed by atoms with Crippen LogP contribution in [0.2, 0.25) is 5.02 Å². The van der Waals surface area contributed by atoms with Crippen molar-refractivity contribution in [3.8, 4) is 0 Å². The number of carbonyl (C=O) groups is 1. The van der Waals surface area contributed by atoms with Crippen LogP contribution >= 0.6 is 11.6 Å². The number of hydrogen-bond acceptors (Lipinski definition) is 4. The van der Waals surface area contributed by atoms with E-state index in [1.807, 2.05) is 30.0 Å². The van der Waals surface area contributed by atoms with Crippen molar-refractivity contribution < 1.29 is 9.32 Å². The Morgan fingerprint density at radius 3 is 2.61 bits per heavy atom. The molecule has 1 atom stereocenters.